The maximum Gasteiger partial charge on any atom is 0.198 e. The van der Waals surface area contributed by atoms with Crippen LogP contribution >= 0.6 is 12.4 Å². The number of hydrogen-bond acceptors (Lipinski definition) is 10. The van der Waals surface area contributed by atoms with Crippen molar-refractivity contribution < 1.29 is 43.9 Å². The van der Waals surface area contributed by atoms with Gasteiger partial charge in [0.1, 0.15) is 17.1 Å². The molecule has 1 fully saturated rings. The first kappa shape index (κ1) is 28.2. The van der Waals surface area contributed by atoms with Crippen LogP contribution in [0.4, 0.5) is 0 Å². The normalized spacial score (nSPS) is 30.1. The fraction of sp³-hybridized carbons (Fsp3) is 0.444. The second-order valence-corrected chi connectivity index (χ2v) is 10.0. The van der Waals surface area contributed by atoms with Gasteiger partial charge in [0.05, 0.1) is 29.4 Å². The van der Waals surface area contributed by atoms with Gasteiger partial charge in [-0.3, -0.25) is 14.4 Å². The summed E-state index contributed by atoms with van der Waals surface area (Å²) in [6.45, 7) is 2.98. The number of phenolic OH excluding ortho intramolecular Hbond substituents is 2. The maximum absolute atomic E-state index is 13.4. The highest BCUT2D eigenvalue weighted by Crippen LogP contribution is 2.52. The lowest BCUT2D eigenvalue weighted by Gasteiger charge is -2.42. The zero-order valence-corrected chi connectivity index (χ0v) is 21.9. The molecule has 0 bridgehead atoms. The lowest BCUT2D eigenvalue weighted by Crippen LogP contribution is -2.53. The smallest absolute Gasteiger partial charge is 0.198 e. The second-order valence-electron chi connectivity index (χ2n) is 10.0. The zero-order valence-electron chi connectivity index (χ0n) is 21.1. The van der Waals surface area contributed by atoms with Gasteiger partial charge in [0.25, 0.3) is 0 Å². The van der Waals surface area contributed by atoms with E-state index in [0.29, 0.717) is 0 Å². The Bertz CT molecular complexity index is 1320. The summed E-state index contributed by atoms with van der Waals surface area (Å²) in [5.74, 6) is -2.95. The van der Waals surface area contributed by atoms with E-state index in [2.05, 4.69) is 0 Å². The third kappa shape index (κ3) is 4.21. The molecule has 6 atom stereocenters. The van der Waals surface area contributed by atoms with E-state index in [0.717, 1.165) is 0 Å². The van der Waals surface area contributed by atoms with Crippen molar-refractivity contribution >= 4 is 29.8 Å². The van der Waals surface area contributed by atoms with E-state index in [1.807, 2.05) is 0 Å². The molecule has 0 radical (unpaired) electrons. The van der Waals surface area contributed by atoms with E-state index in [4.69, 9.17) is 19.9 Å². The fourth-order valence-electron chi connectivity index (χ4n) is 5.78. The summed E-state index contributed by atoms with van der Waals surface area (Å²) in [6.07, 6.45) is -3.28. The Balaban J connectivity index is 0.00000336. The molecule has 10 nitrogen and oxygen atoms in total. The van der Waals surface area contributed by atoms with Gasteiger partial charge in [-0.2, -0.15) is 0 Å². The number of methoxy groups -OCH3 is 1. The van der Waals surface area contributed by atoms with Crippen molar-refractivity contribution in [3.8, 4) is 11.5 Å². The molecule has 11 heteroatoms. The molecule has 2 aliphatic carbocycles. The van der Waals surface area contributed by atoms with E-state index < -0.39 is 59.0 Å². The monoisotopic (exact) mass is 547 g/mol. The fourth-order valence-corrected chi connectivity index (χ4v) is 5.78. The van der Waals surface area contributed by atoms with Crippen LogP contribution in [0, 0.1) is 0 Å². The van der Waals surface area contributed by atoms with Crippen molar-refractivity contribution in [2.75, 3.05) is 7.11 Å². The number of carbonyl (C=O) groups excluding carboxylic acids is 3. The Hall–Kier alpha value is -2.86. The molecule has 1 saturated heterocycles. The van der Waals surface area contributed by atoms with Crippen molar-refractivity contribution in [3.63, 3.8) is 0 Å². The van der Waals surface area contributed by atoms with Crippen molar-refractivity contribution in [2.24, 2.45) is 5.73 Å². The molecule has 5 N–H and O–H groups in total. The van der Waals surface area contributed by atoms with Gasteiger partial charge in [0.15, 0.2) is 23.6 Å². The Morgan fingerprint density at radius 1 is 1.11 bits per heavy atom. The number of Topliss-reactive ketones (excluding diaryl/α,β-unsaturated/α-hetero) is 1. The molecule has 4 unspecified atom stereocenters. The predicted octanol–water partition coefficient (Wildman–Crippen LogP) is 2.10. The minimum Gasteiger partial charge on any atom is -0.507 e. The van der Waals surface area contributed by atoms with Gasteiger partial charge >= 0.3 is 0 Å². The predicted molar refractivity (Wildman–Crippen MR) is 136 cm³/mol. The first-order valence-corrected chi connectivity index (χ1v) is 12.1. The molecule has 5 rings (SSSR count). The van der Waals surface area contributed by atoms with Gasteiger partial charge < -0.3 is 35.3 Å². The number of benzene rings is 2. The first-order chi connectivity index (χ1) is 17.5. The molecule has 0 aromatic heterocycles. The summed E-state index contributed by atoms with van der Waals surface area (Å²) in [7, 11) is 1.52. The summed E-state index contributed by atoms with van der Waals surface area (Å²) in [5.41, 5.74) is 3.77. The number of rotatable bonds is 4. The quantitative estimate of drug-likeness (QED) is 0.355. The van der Waals surface area contributed by atoms with E-state index in [-0.39, 0.29) is 71.2 Å². The van der Waals surface area contributed by atoms with Crippen LogP contribution in [0.3, 0.4) is 0 Å². The average Bonchev–Trinajstić information content (AvgIpc) is 2.84. The molecular formula is C27H30ClNO9. The number of phenols is 2. The van der Waals surface area contributed by atoms with E-state index in [1.165, 1.54) is 26.2 Å². The molecular weight excluding hydrogens is 518 g/mol. The SMILES string of the molecule is COC1C(N)CC(O[C@H]2C[C@](O)(C(C)=O)Cc3c(O)c4c(c(O)c32)C(=O)c2ccccc2C4=O)OC1C.Cl. The van der Waals surface area contributed by atoms with Gasteiger partial charge in [-0.1, -0.05) is 24.3 Å². The Morgan fingerprint density at radius 3 is 2.21 bits per heavy atom. The van der Waals surface area contributed by atoms with Crippen molar-refractivity contribution in [3.05, 3.63) is 57.6 Å². The Labute approximate surface area is 225 Å². The lowest BCUT2D eigenvalue weighted by molar-refractivity contribution is -0.250. The van der Waals surface area contributed by atoms with E-state index in [9.17, 15) is 29.7 Å². The van der Waals surface area contributed by atoms with Crippen LogP contribution in [-0.4, -0.2) is 69.9 Å². The minimum absolute atomic E-state index is 0. The highest BCUT2D eigenvalue weighted by atomic mass is 35.5. The summed E-state index contributed by atoms with van der Waals surface area (Å²) in [5, 5.41) is 33.9. The van der Waals surface area contributed by atoms with Gasteiger partial charge in [0.2, 0.25) is 0 Å². The number of fused-ring (bicyclic) bond motifs is 3. The van der Waals surface area contributed by atoms with Crippen LogP contribution in [0.1, 0.15) is 75.8 Å². The lowest BCUT2D eigenvalue weighted by atomic mass is 9.72. The van der Waals surface area contributed by atoms with Crippen LogP contribution in [-0.2, 0) is 25.4 Å². The standard InChI is InChI=1S/C27H29NO9.ClH/c1-11-26(35-3)16(28)8-18(36-11)37-17-10-27(34,12(2)29)9-15-19(17)25(33)21-20(24(15)32)22(30)13-6-4-5-7-14(13)23(21)31;/h4-7,11,16-18,26,32-34H,8-10,28H2,1-3H3;1H/t11?,16?,17-,18?,26?,27-;/m0./s1. The molecule has 2 aromatic carbocycles. The Morgan fingerprint density at radius 2 is 1.68 bits per heavy atom. The van der Waals surface area contributed by atoms with Crippen molar-refractivity contribution in [2.45, 2.75) is 69.4 Å². The number of ketones is 3. The van der Waals surface area contributed by atoms with Crippen LogP contribution < -0.4 is 5.73 Å². The van der Waals surface area contributed by atoms with Crippen molar-refractivity contribution in [1.29, 1.82) is 0 Å². The summed E-state index contributed by atoms with van der Waals surface area (Å²) in [4.78, 5) is 39.2. The molecule has 204 valence electrons. The summed E-state index contributed by atoms with van der Waals surface area (Å²) >= 11 is 0. The number of nitrogens with two attached hydrogens (primary N) is 1. The molecule has 3 aliphatic rings. The largest absolute Gasteiger partial charge is 0.507 e. The van der Waals surface area contributed by atoms with Gasteiger partial charge in [0, 0.05) is 54.7 Å². The third-order valence-electron chi connectivity index (χ3n) is 7.73. The summed E-state index contributed by atoms with van der Waals surface area (Å²) < 4.78 is 17.5. The topological polar surface area (TPSA) is 166 Å². The van der Waals surface area contributed by atoms with Crippen LogP contribution in [0.2, 0.25) is 0 Å². The molecule has 0 amide bonds. The second kappa shape index (κ2) is 10.0. The molecule has 1 aliphatic heterocycles. The highest BCUT2D eigenvalue weighted by molar-refractivity contribution is 6.30. The number of hydrogen-bond donors (Lipinski definition) is 4. The molecule has 2 aromatic rings. The third-order valence-corrected chi connectivity index (χ3v) is 7.73. The first-order valence-electron chi connectivity index (χ1n) is 12.1. The van der Waals surface area contributed by atoms with Crippen LogP contribution in [0.15, 0.2) is 24.3 Å². The summed E-state index contributed by atoms with van der Waals surface area (Å²) in [6, 6.07) is 5.69. The van der Waals surface area contributed by atoms with Gasteiger partial charge in [-0.15, -0.1) is 12.4 Å². The number of carbonyl (C=O) groups is 3. The van der Waals surface area contributed by atoms with Crippen LogP contribution in [0.25, 0.3) is 0 Å². The van der Waals surface area contributed by atoms with Gasteiger partial charge in [-0.05, 0) is 13.8 Å². The maximum atomic E-state index is 13.4. The average molecular weight is 548 g/mol. The molecule has 1 heterocycles. The number of aromatic hydroxyl groups is 2. The number of ether oxygens (including phenoxy) is 3. The number of halogens is 1. The molecule has 0 spiro atoms. The molecule has 38 heavy (non-hydrogen) atoms. The van der Waals surface area contributed by atoms with Crippen molar-refractivity contribution in [1.82, 2.24) is 0 Å². The Kier molecular flexibility index (Phi) is 7.43. The van der Waals surface area contributed by atoms with Crippen LogP contribution in [0.5, 0.6) is 11.5 Å². The minimum atomic E-state index is -1.95. The number of aliphatic hydroxyl groups is 1. The zero-order chi connectivity index (χ0) is 26.8. The van der Waals surface area contributed by atoms with E-state index in [1.54, 1.807) is 19.1 Å². The highest BCUT2D eigenvalue weighted by Gasteiger charge is 2.49. The van der Waals surface area contributed by atoms with Gasteiger partial charge in [-0.25, -0.2) is 0 Å². The van der Waals surface area contributed by atoms with E-state index >= 15 is 0 Å². The molecule has 0 saturated carbocycles.